The first-order valence-electron chi connectivity index (χ1n) is 5.12. The van der Waals surface area contributed by atoms with Gasteiger partial charge in [0.05, 0.1) is 5.56 Å². The van der Waals surface area contributed by atoms with Crippen molar-refractivity contribution in [2.75, 3.05) is 0 Å². The third-order valence-corrected chi connectivity index (χ3v) is 2.57. The summed E-state index contributed by atoms with van der Waals surface area (Å²) in [6.07, 6.45) is 3.28. The molecule has 0 radical (unpaired) electrons. The van der Waals surface area contributed by atoms with Gasteiger partial charge in [0, 0.05) is 18.0 Å². The summed E-state index contributed by atoms with van der Waals surface area (Å²) in [6.45, 7) is 5.53. The molecular formula is C13H13NO2. The van der Waals surface area contributed by atoms with E-state index in [4.69, 9.17) is 4.42 Å². The van der Waals surface area contributed by atoms with Crippen LogP contribution in [0, 0.1) is 20.8 Å². The molecule has 2 aromatic rings. The maximum absolute atomic E-state index is 12.2. The molecule has 0 amide bonds. The van der Waals surface area contributed by atoms with E-state index in [9.17, 15) is 4.79 Å². The molecule has 16 heavy (non-hydrogen) atoms. The minimum atomic E-state index is -0.0278. The minimum absolute atomic E-state index is 0.0278. The summed E-state index contributed by atoms with van der Waals surface area (Å²) >= 11 is 0. The van der Waals surface area contributed by atoms with Crippen LogP contribution >= 0.6 is 0 Å². The normalized spacial score (nSPS) is 10.4. The van der Waals surface area contributed by atoms with Crippen molar-refractivity contribution < 1.29 is 9.21 Å². The van der Waals surface area contributed by atoms with E-state index in [0.717, 1.165) is 11.3 Å². The highest BCUT2D eigenvalue weighted by Gasteiger charge is 2.17. The number of rotatable bonds is 2. The fourth-order valence-electron chi connectivity index (χ4n) is 1.70. The zero-order valence-corrected chi connectivity index (χ0v) is 9.57. The van der Waals surface area contributed by atoms with Crippen LogP contribution in [0.15, 0.2) is 28.9 Å². The first kappa shape index (κ1) is 10.6. The number of hydrogen-bond donors (Lipinski definition) is 0. The van der Waals surface area contributed by atoms with Gasteiger partial charge in [0.25, 0.3) is 0 Å². The second kappa shape index (κ2) is 3.93. The topological polar surface area (TPSA) is 43.1 Å². The highest BCUT2D eigenvalue weighted by Crippen LogP contribution is 2.19. The third kappa shape index (κ3) is 1.76. The van der Waals surface area contributed by atoms with Gasteiger partial charge in [-0.1, -0.05) is 0 Å². The van der Waals surface area contributed by atoms with E-state index in [0.29, 0.717) is 16.9 Å². The molecule has 0 aliphatic heterocycles. The van der Waals surface area contributed by atoms with E-state index in [1.165, 1.54) is 0 Å². The van der Waals surface area contributed by atoms with Crippen molar-refractivity contribution in [3.63, 3.8) is 0 Å². The standard InChI is InChI=1S/C13H13NO2/c1-8-4-5-14-7-12(8)13(15)11-6-9(2)16-10(11)3/h4-7H,1-3H3. The zero-order chi connectivity index (χ0) is 11.7. The molecule has 0 spiro atoms. The molecule has 0 unspecified atom stereocenters. The summed E-state index contributed by atoms with van der Waals surface area (Å²) in [5.74, 6) is 1.38. The Morgan fingerprint density at radius 1 is 1.25 bits per heavy atom. The Morgan fingerprint density at radius 3 is 2.56 bits per heavy atom. The average Bonchev–Trinajstić information content (AvgIpc) is 2.58. The van der Waals surface area contributed by atoms with Crippen LogP contribution in [-0.2, 0) is 0 Å². The Hall–Kier alpha value is -1.90. The van der Waals surface area contributed by atoms with Gasteiger partial charge < -0.3 is 4.42 Å². The minimum Gasteiger partial charge on any atom is -0.466 e. The van der Waals surface area contributed by atoms with Crippen LogP contribution in [0.5, 0.6) is 0 Å². The van der Waals surface area contributed by atoms with Gasteiger partial charge in [-0.05, 0) is 38.5 Å². The van der Waals surface area contributed by atoms with Crippen LogP contribution in [0.25, 0.3) is 0 Å². The second-order valence-corrected chi connectivity index (χ2v) is 3.85. The molecule has 0 saturated carbocycles. The molecule has 2 rings (SSSR count). The van der Waals surface area contributed by atoms with Crippen molar-refractivity contribution in [1.29, 1.82) is 0 Å². The molecule has 0 N–H and O–H groups in total. The Kier molecular flexibility index (Phi) is 2.60. The molecule has 0 aromatic carbocycles. The molecule has 3 nitrogen and oxygen atoms in total. The van der Waals surface area contributed by atoms with Gasteiger partial charge in [-0.25, -0.2) is 0 Å². The van der Waals surface area contributed by atoms with Crippen molar-refractivity contribution in [2.24, 2.45) is 0 Å². The lowest BCUT2D eigenvalue weighted by atomic mass is 10.0. The highest BCUT2D eigenvalue weighted by molar-refractivity contribution is 6.10. The summed E-state index contributed by atoms with van der Waals surface area (Å²) in [5.41, 5.74) is 2.18. The lowest BCUT2D eigenvalue weighted by Gasteiger charge is -2.02. The zero-order valence-electron chi connectivity index (χ0n) is 9.57. The number of ketones is 1. The molecular weight excluding hydrogens is 202 g/mol. The van der Waals surface area contributed by atoms with Crippen LogP contribution in [0.3, 0.4) is 0 Å². The first-order chi connectivity index (χ1) is 7.59. The number of pyridine rings is 1. The van der Waals surface area contributed by atoms with E-state index in [-0.39, 0.29) is 5.78 Å². The molecule has 2 heterocycles. The number of aryl methyl sites for hydroxylation is 3. The van der Waals surface area contributed by atoms with Crippen molar-refractivity contribution in [2.45, 2.75) is 20.8 Å². The summed E-state index contributed by atoms with van der Waals surface area (Å²) < 4.78 is 5.36. The number of hydrogen-bond acceptors (Lipinski definition) is 3. The first-order valence-corrected chi connectivity index (χ1v) is 5.12. The molecule has 0 atom stereocenters. The monoisotopic (exact) mass is 215 g/mol. The second-order valence-electron chi connectivity index (χ2n) is 3.85. The van der Waals surface area contributed by atoms with Crippen LogP contribution in [0.1, 0.15) is 33.0 Å². The highest BCUT2D eigenvalue weighted by atomic mass is 16.3. The van der Waals surface area contributed by atoms with Crippen molar-refractivity contribution in [3.8, 4) is 0 Å². The molecule has 0 fully saturated rings. The molecule has 0 aliphatic rings. The van der Waals surface area contributed by atoms with E-state index < -0.39 is 0 Å². The number of nitrogens with zero attached hydrogens (tertiary/aromatic N) is 1. The fourth-order valence-corrected chi connectivity index (χ4v) is 1.70. The molecule has 82 valence electrons. The van der Waals surface area contributed by atoms with Crippen LogP contribution in [0.2, 0.25) is 0 Å². The largest absolute Gasteiger partial charge is 0.466 e. The van der Waals surface area contributed by atoms with Crippen molar-refractivity contribution in [3.05, 3.63) is 52.7 Å². The van der Waals surface area contributed by atoms with Gasteiger partial charge in [-0.15, -0.1) is 0 Å². The Labute approximate surface area is 94.1 Å². The Bertz CT molecular complexity index is 541. The maximum Gasteiger partial charge on any atom is 0.198 e. The van der Waals surface area contributed by atoms with E-state index in [1.54, 1.807) is 25.4 Å². The molecule has 0 bridgehead atoms. The van der Waals surface area contributed by atoms with Crippen molar-refractivity contribution in [1.82, 2.24) is 4.98 Å². The van der Waals surface area contributed by atoms with Gasteiger partial charge in [-0.2, -0.15) is 0 Å². The summed E-state index contributed by atoms with van der Waals surface area (Å²) in [7, 11) is 0. The SMILES string of the molecule is Cc1cc(C(=O)c2cnccc2C)c(C)o1. The van der Waals surface area contributed by atoms with E-state index in [1.807, 2.05) is 19.9 Å². The van der Waals surface area contributed by atoms with Gasteiger partial charge in [-0.3, -0.25) is 9.78 Å². The van der Waals surface area contributed by atoms with Crippen molar-refractivity contribution >= 4 is 5.78 Å². The average molecular weight is 215 g/mol. The van der Waals surface area contributed by atoms with Gasteiger partial charge in [0.15, 0.2) is 5.78 Å². The predicted molar refractivity (Wildman–Crippen MR) is 60.6 cm³/mol. The molecule has 0 saturated heterocycles. The number of carbonyl (C=O) groups excluding carboxylic acids is 1. The summed E-state index contributed by atoms with van der Waals surface area (Å²) in [5, 5.41) is 0. The number of furan rings is 1. The lowest BCUT2D eigenvalue weighted by molar-refractivity contribution is 0.103. The lowest BCUT2D eigenvalue weighted by Crippen LogP contribution is -2.04. The maximum atomic E-state index is 12.2. The smallest absolute Gasteiger partial charge is 0.198 e. The van der Waals surface area contributed by atoms with Crippen LogP contribution in [-0.4, -0.2) is 10.8 Å². The van der Waals surface area contributed by atoms with E-state index >= 15 is 0 Å². The van der Waals surface area contributed by atoms with E-state index in [2.05, 4.69) is 4.98 Å². The van der Waals surface area contributed by atoms with Crippen LogP contribution in [0.4, 0.5) is 0 Å². The Balaban J connectivity index is 2.47. The van der Waals surface area contributed by atoms with Crippen LogP contribution < -0.4 is 0 Å². The van der Waals surface area contributed by atoms with Gasteiger partial charge in [0.1, 0.15) is 11.5 Å². The molecule has 0 aliphatic carbocycles. The Morgan fingerprint density at radius 2 is 2.00 bits per heavy atom. The third-order valence-electron chi connectivity index (χ3n) is 2.57. The summed E-state index contributed by atoms with van der Waals surface area (Å²) in [6, 6.07) is 3.60. The molecule has 2 aromatic heterocycles. The molecule has 3 heteroatoms. The number of carbonyl (C=O) groups is 1. The van der Waals surface area contributed by atoms with Gasteiger partial charge in [0.2, 0.25) is 0 Å². The summed E-state index contributed by atoms with van der Waals surface area (Å²) in [4.78, 5) is 16.2. The number of aromatic nitrogens is 1. The predicted octanol–water partition coefficient (Wildman–Crippen LogP) is 2.83. The quantitative estimate of drug-likeness (QED) is 0.723. The fraction of sp³-hybridized carbons (Fsp3) is 0.231. The van der Waals surface area contributed by atoms with Gasteiger partial charge >= 0.3 is 0 Å².